The van der Waals surface area contributed by atoms with Gasteiger partial charge in [-0.15, -0.1) is 0 Å². The Hall–Kier alpha value is -1.93. The average Bonchev–Trinajstić information content (AvgIpc) is 2.75. The van der Waals surface area contributed by atoms with E-state index in [1.54, 1.807) is 6.20 Å². The summed E-state index contributed by atoms with van der Waals surface area (Å²) in [7, 11) is 0. The lowest BCUT2D eigenvalue weighted by atomic mass is 9.91. The summed E-state index contributed by atoms with van der Waals surface area (Å²) in [5.74, 6) is 1.59. The highest BCUT2D eigenvalue weighted by Crippen LogP contribution is 2.29. The van der Waals surface area contributed by atoms with Crippen LogP contribution in [0.4, 0.5) is 11.6 Å². The van der Waals surface area contributed by atoms with E-state index in [1.165, 1.54) is 0 Å². The van der Waals surface area contributed by atoms with Crippen molar-refractivity contribution in [1.29, 1.82) is 0 Å². The van der Waals surface area contributed by atoms with Crippen LogP contribution in [0.15, 0.2) is 30.5 Å². The monoisotopic (exact) mass is 417 g/mol. The van der Waals surface area contributed by atoms with Gasteiger partial charge in [0.1, 0.15) is 11.6 Å². The minimum atomic E-state index is -0.259. The Balaban J connectivity index is 1.47. The van der Waals surface area contributed by atoms with Crippen LogP contribution in [0.5, 0.6) is 0 Å². The Bertz CT molecular complexity index is 822. The van der Waals surface area contributed by atoms with Crippen LogP contribution in [-0.4, -0.2) is 54.5 Å². The zero-order chi connectivity index (χ0) is 20.1. The van der Waals surface area contributed by atoms with E-state index in [2.05, 4.69) is 15.6 Å². The second kappa shape index (κ2) is 9.26. The van der Waals surface area contributed by atoms with Gasteiger partial charge in [0.25, 0.3) is 0 Å². The van der Waals surface area contributed by atoms with Gasteiger partial charge in [0.2, 0.25) is 0 Å². The minimum Gasteiger partial charge on any atom is -0.381 e. The molecule has 0 aromatic carbocycles. The lowest BCUT2D eigenvalue weighted by molar-refractivity contribution is 0.0574. The lowest BCUT2D eigenvalue weighted by Crippen LogP contribution is -2.50. The predicted molar refractivity (Wildman–Crippen MR) is 115 cm³/mol. The van der Waals surface area contributed by atoms with Crippen molar-refractivity contribution < 1.29 is 9.47 Å². The molecule has 8 heteroatoms. The molecule has 2 aromatic rings. The van der Waals surface area contributed by atoms with E-state index in [1.807, 2.05) is 24.3 Å². The van der Waals surface area contributed by atoms with Crippen LogP contribution >= 0.6 is 11.6 Å². The number of nitrogens with two attached hydrogens (primary N) is 1. The molecule has 0 atom stereocenters. The van der Waals surface area contributed by atoms with Crippen LogP contribution < -0.4 is 16.4 Å². The van der Waals surface area contributed by atoms with Gasteiger partial charge in [-0.3, -0.25) is 0 Å². The predicted octanol–water partition coefficient (Wildman–Crippen LogP) is 3.31. The molecule has 2 aliphatic heterocycles. The molecule has 0 bridgehead atoms. The standard InChI is InChI=1S/C21H28ClN5O2/c22-17-13-24-20(26-15-4-8-28-9-5-15)12-16(17)18-2-1-3-19(27-18)25-14-21(23)6-10-29-11-7-21/h1-3,12-13,15H,4-11,14,23H2,(H,24,26)(H,25,27). The van der Waals surface area contributed by atoms with Crippen molar-refractivity contribution in [2.24, 2.45) is 5.73 Å². The van der Waals surface area contributed by atoms with Crippen molar-refractivity contribution in [3.63, 3.8) is 0 Å². The van der Waals surface area contributed by atoms with Gasteiger partial charge in [-0.1, -0.05) is 17.7 Å². The molecule has 0 amide bonds. The molecule has 0 radical (unpaired) electrons. The molecule has 156 valence electrons. The number of aromatic nitrogens is 2. The molecule has 0 aliphatic carbocycles. The third kappa shape index (κ3) is 5.36. The molecule has 4 rings (SSSR count). The molecule has 4 N–H and O–H groups in total. The molecule has 0 unspecified atom stereocenters. The Morgan fingerprint density at radius 2 is 1.86 bits per heavy atom. The van der Waals surface area contributed by atoms with E-state index in [0.717, 1.165) is 61.8 Å². The van der Waals surface area contributed by atoms with E-state index in [4.69, 9.17) is 31.8 Å². The number of hydrogen-bond donors (Lipinski definition) is 3. The van der Waals surface area contributed by atoms with Crippen molar-refractivity contribution >= 4 is 23.2 Å². The van der Waals surface area contributed by atoms with E-state index in [0.29, 0.717) is 30.8 Å². The first-order valence-corrected chi connectivity index (χ1v) is 10.6. The minimum absolute atomic E-state index is 0.259. The van der Waals surface area contributed by atoms with Gasteiger partial charge in [0.15, 0.2) is 0 Å². The Labute approximate surface area is 176 Å². The van der Waals surface area contributed by atoms with Gasteiger partial charge in [0.05, 0.1) is 10.7 Å². The fraction of sp³-hybridized carbons (Fsp3) is 0.524. The number of pyridine rings is 2. The van der Waals surface area contributed by atoms with Gasteiger partial charge in [-0.05, 0) is 43.9 Å². The highest BCUT2D eigenvalue weighted by atomic mass is 35.5. The first-order chi connectivity index (χ1) is 14.1. The SMILES string of the molecule is NC1(CNc2cccc(-c3cc(NC4CCOCC4)ncc3Cl)n2)CCOCC1. The molecule has 4 heterocycles. The third-order valence-corrected chi connectivity index (χ3v) is 5.87. The number of rotatable bonds is 6. The highest BCUT2D eigenvalue weighted by Gasteiger charge is 2.27. The number of halogens is 1. The van der Waals surface area contributed by atoms with Crippen LogP contribution in [0, 0.1) is 0 Å². The van der Waals surface area contributed by atoms with Crippen molar-refractivity contribution in [3.8, 4) is 11.3 Å². The van der Waals surface area contributed by atoms with Crippen LogP contribution in [0.3, 0.4) is 0 Å². The second-order valence-electron chi connectivity index (χ2n) is 7.82. The quantitative estimate of drug-likeness (QED) is 0.663. The van der Waals surface area contributed by atoms with Crippen molar-refractivity contribution in [2.45, 2.75) is 37.3 Å². The normalized spacial score (nSPS) is 19.7. The van der Waals surface area contributed by atoms with Crippen LogP contribution in [-0.2, 0) is 9.47 Å². The Kier molecular flexibility index (Phi) is 6.50. The maximum atomic E-state index is 6.47. The zero-order valence-electron chi connectivity index (χ0n) is 16.5. The van der Waals surface area contributed by atoms with Gasteiger partial charge < -0.3 is 25.8 Å². The first-order valence-electron chi connectivity index (χ1n) is 10.2. The third-order valence-electron chi connectivity index (χ3n) is 5.56. The maximum absolute atomic E-state index is 6.47. The zero-order valence-corrected chi connectivity index (χ0v) is 17.3. The number of anilines is 2. The molecule has 2 aromatic heterocycles. The summed E-state index contributed by atoms with van der Waals surface area (Å²) < 4.78 is 10.8. The van der Waals surface area contributed by atoms with E-state index >= 15 is 0 Å². The van der Waals surface area contributed by atoms with Gasteiger partial charge >= 0.3 is 0 Å². The summed E-state index contributed by atoms with van der Waals surface area (Å²) in [4.78, 5) is 9.18. The molecule has 2 saturated heterocycles. The van der Waals surface area contributed by atoms with Crippen LogP contribution in [0.25, 0.3) is 11.3 Å². The second-order valence-corrected chi connectivity index (χ2v) is 8.22. The largest absolute Gasteiger partial charge is 0.381 e. The number of nitrogens with one attached hydrogen (secondary N) is 2. The summed E-state index contributed by atoms with van der Waals surface area (Å²) in [5.41, 5.74) is 7.87. The summed E-state index contributed by atoms with van der Waals surface area (Å²) >= 11 is 6.44. The van der Waals surface area contributed by atoms with E-state index in [9.17, 15) is 0 Å². The van der Waals surface area contributed by atoms with E-state index < -0.39 is 0 Å². The fourth-order valence-electron chi connectivity index (χ4n) is 3.67. The molecule has 2 aliphatic rings. The molecule has 0 spiro atoms. The van der Waals surface area contributed by atoms with Gasteiger partial charge in [-0.25, -0.2) is 9.97 Å². The molecule has 7 nitrogen and oxygen atoms in total. The molecule has 2 fully saturated rings. The number of nitrogens with zero attached hydrogens (tertiary/aromatic N) is 2. The molecule has 29 heavy (non-hydrogen) atoms. The number of ether oxygens (including phenoxy) is 2. The molecule has 0 saturated carbocycles. The van der Waals surface area contributed by atoms with Gasteiger partial charge in [-0.2, -0.15) is 0 Å². The van der Waals surface area contributed by atoms with Crippen LogP contribution in [0.1, 0.15) is 25.7 Å². The Morgan fingerprint density at radius 3 is 2.66 bits per heavy atom. The van der Waals surface area contributed by atoms with Gasteiger partial charge in [0, 0.05) is 56.3 Å². The van der Waals surface area contributed by atoms with Crippen molar-refractivity contribution in [2.75, 3.05) is 43.6 Å². The summed E-state index contributed by atoms with van der Waals surface area (Å²) in [5, 5.41) is 7.45. The highest BCUT2D eigenvalue weighted by molar-refractivity contribution is 6.33. The van der Waals surface area contributed by atoms with Crippen LogP contribution in [0.2, 0.25) is 5.02 Å². The average molecular weight is 418 g/mol. The molecular weight excluding hydrogens is 390 g/mol. The van der Waals surface area contributed by atoms with Crippen molar-refractivity contribution in [3.05, 3.63) is 35.5 Å². The smallest absolute Gasteiger partial charge is 0.126 e. The topological polar surface area (TPSA) is 94.3 Å². The Morgan fingerprint density at radius 1 is 1.10 bits per heavy atom. The fourth-order valence-corrected chi connectivity index (χ4v) is 3.87. The first kappa shape index (κ1) is 20.3. The summed E-state index contributed by atoms with van der Waals surface area (Å²) in [6.45, 7) is 3.64. The maximum Gasteiger partial charge on any atom is 0.126 e. The molecular formula is C21H28ClN5O2. The summed E-state index contributed by atoms with van der Waals surface area (Å²) in [6, 6.07) is 8.21. The van der Waals surface area contributed by atoms with Crippen molar-refractivity contribution in [1.82, 2.24) is 9.97 Å². The summed E-state index contributed by atoms with van der Waals surface area (Å²) in [6.07, 6.45) is 5.32. The number of hydrogen-bond acceptors (Lipinski definition) is 7. The lowest BCUT2D eigenvalue weighted by Gasteiger charge is -2.33. The van der Waals surface area contributed by atoms with E-state index in [-0.39, 0.29) is 5.54 Å².